The van der Waals surface area contributed by atoms with Crippen LogP contribution in [0.5, 0.6) is 0 Å². The zero-order valence-corrected chi connectivity index (χ0v) is 15.4. The maximum absolute atomic E-state index is 12.3. The first kappa shape index (κ1) is 20.9. The van der Waals surface area contributed by atoms with Crippen molar-refractivity contribution in [3.05, 3.63) is 29.8 Å². The molecule has 0 aliphatic carbocycles. The fraction of sp³-hybridized carbons (Fsp3) is 0.500. The highest BCUT2D eigenvalue weighted by molar-refractivity contribution is 7.89. The molecule has 0 unspecified atom stereocenters. The standard InChI is InChI=1S/C16H26N4O4S/c1-20(2)25(23,24)14-9-6-5-8-13(14)12-19-15(21)10-4-3-7-11-18-16(17)22/h5-6,8-9H,3-4,7,10-12H2,1-2H3,(H,19,21)(H3,17,18,22). The van der Waals surface area contributed by atoms with Gasteiger partial charge in [0.25, 0.3) is 0 Å². The summed E-state index contributed by atoms with van der Waals surface area (Å²) in [5.74, 6) is -0.139. The van der Waals surface area contributed by atoms with Crippen molar-refractivity contribution in [3.63, 3.8) is 0 Å². The van der Waals surface area contributed by atoms with E-state index in [0.717, 1.165) is 17.1 Å². The smallest absolute Gasteiger partial charge is 0.312 e. The second-order valence-corrected chi connectivity index (χ2v) is 7.89. The molecule has 0 aromatic heterocycles. The zero-order chi connectivity index (χ0) is 18.9. The van der Waals surface area contributed by atoms with Gasteiger partial charge in [-0.15, -0.1) is 0 Å². The molecule has 0 radical (unpaired) electrons. The number of urea groups is 1. The summed E-state index contributed by atoms with van der Waals surface area (Å²) in [6.45, 7) is 0.651. The second kappa shape index (κ2) is 10.00. The van der Waals surface area contributed by atoms with Crippen molar-refractivity contribution in [2.75, 3.05) is 20.6 Å². The van der Waals surface area contributed by atoms with Gasteiger partial charge in [0.1, 0.15) is 0 Å². The molecule has 1 rings (SSSR count). The lowest BCUT2D eigenvalue weighted by Gasteiger charge is -2.15. The largest absolute Gasteiger partial charge is 0.352 e. The molecule has 1 aromatic carbocycles. The van der Waals surface area contributed by atoms with Crippen molar-refractivity contribution in [2.24, 2.45) is 5.73 Å². The predicted octanol–water partition coefficient (Wildman–Crippen LogP) is 0.782. The van der Waals surface area contributed by atoms with Crippen LogP contribution in [0, 0.1) is 0 Å². The lowest BCUT2D eigenvalue weighted by atomic mass is 10.1. The summed E-state index contributed by atoms with van der Waals surface area (Å²) in [6.07, 6.45) is 2.57. The van der Waals surface area contributed by atoms with Crippen LogP contribution in [0.25, 0.3) is 0 Å². The van der Waals surface area contributed by atoms with Crippen LogP contribution in [-0.4, -0.2) is 45.3 Å². The van der Waals surface area contributed by atoms with Crippen LogP contribution in [0.4, 0.5) is 4.79 Å². The summed E-state index contributed by atoms with van der Waals surface area (Å²) in [5, 5.41) is 5.24. The third kappa shape index (κ3) is 7.10. The summed E-state index contributed by atoms with van der Waals surface area (Å²) >= 11 is 0. The Morgan fingerprint density at radius 1 is 1.08 bits per heavy atom. The summed E-state index contributed by atoms with van der Waals surface area (Å²) in [4.78, 5) is 22.6. The van der Waals surface area contributed by atoms with Gasteiger partial charge in [-0.3, -0.25) is 4.79 Å². The van der Waals surface area contributed by atoms with Crippen LogP contribution in [-0.2, 0) is 21.4 Å². The van der Waals surface area contributed by atoms with Crippen LogP contribution in [0.1, 0.15) is 31.2 Å². The van der Waals surface area contributed by atoms with Gasteiger partial charge in [-0.25, -0.2) is 17.5 Å². The Kier molecular flexibility index (Phi) is 8.36. The number of nitrogens with zero attached hydrogens (tertiary/aromatic N) is 1. The molecule has 25 heavy (non-hydrogen) atoms. The van der Waals surface area contributed by atoms with E-state index in [4.69, 9.17) is 5.73 Å². The molecule has 8 nitrogen and oxygen atoms in total. The first-order chi connectivity index (χ1) is 11.7. The van der Waals surface area contributed by atoms with Crippen LogP contribution in [0.15, 0.2) is 29.2 Å². The minimum atomic E-state index is -3.55. The summed E-state index contributed by atoms with van der Waals surface area (Å²) in [6, 6.07) is 6.06. The highest BCUT2D eigenvalue weighted by Gasteiger charge is 2.20. The Hall–Kier alpha value is -2.13. The number of hydrogen-bond acceptors (Lipinski definition) is 4. The molecule has 0 aliphatic heterocycles. The summed E-state index contributed by atoms with van der Waals surface area (Å²) in [7, 11) is -0.612. The molecule has 0 heterocycles. The van der Waals surface area contributed by atoms with Crippen LogP contribution in [0.3, 0.4) is 0 Å². The highest BCUT2D eigenvalue weighted by Crippen LogP contribution is 2.18. The molecule has 0 atom stereocenters. The van der Waals surface area contributed by atoms with E-state index in [9.17, 15) is 18.0 Å². The lowest BCUT2D eigenvalue weighted by Crippen LogP contribution is -2.30. The fourth-order valence-electron chi connectivity index (χ4n) is 2.18. The van der Waals surface area contributed by atoms with Crippen molar-refractivity contribution in [1.82, 2.24) is 14.9 Å². The number of carbonyl (C=O) groups is 2. The number of amides is 3. The number of carbonyl (C=O) groups excluding carboxylic acids is 2. The number of rotatable bonds is 10. The van der Waals surface area contributed by atoms with Gasteiger partial charge in [-0.05, 0) is 24.5 Å². The van der Waals surface area contributed by atoms with Gasteiger partial charge in [-0.1, -0.05) is 24.6 Å². The zero-order valence-electron chi connectivity index (χ0n) is 14.6. The molecule has 4 N–H and O–H groups in total. The molecule has 0 saturated heterocycles. The third-order valence-electron chi connectivity index (χ3n) is 3.59. The van der Waals surface area contributed by atoms with Crippen molar-refractivity contribution >= 4 is 22.0 Å². The number of hydrogen-bond donors (Lipinski definition) is 3. The van der Waals surface area contributed by atoms with E-state index in [1.54, 1.807) is 18.2 Å². The van der Waals surface area contributed by atoms with Gasteiger partial charge in [0.2, 0.25) is 15.9 Å². The Morgan fingerprint density at radius 2 is 1.76 bits per heavy atom. The average molecular weight is 370 g/mol. The fourth-order valence-corrected chi connectivity index (χ4v) is 3.29. The average Bonchev–Trinajstić information content (AvgIpc) is 2.55. The van der Waals surface area contributed by atoms with Gasteiger partial charge < -0.3 is 16.4 Å². The van der Waals surface area contributed by atoms with E-state index < -0.39 is 16.1 Å². The van der Waals surface area contributed by atoms with Gasteiger partial charge in [0.05, 0.1) is 4.90 Å². The molecule has 0 spiro atoms. The number of primary amides is 1. The SMILES string of the molecule is CN(C)S(=O)(=O)c1ccccc1CNC(=O)CCCCCNC(N)=O. The van der Waals surface area contributed by atoms with Crippen LogP contribution < -0.4 is 16.4 Å². The van der Waals surface area contributed by atoms with Crippen molar-refractivity contribution < 1.29 is 18.0 Å². The van der Waals surface area contributed by atoms with E-state index in [-0.39, 0.29) is 17.3 Å². The summed E-state index contributed by atoms with van der Waals surface area (Å²) < 4.78 is 25.7. The molecule has 9 heteroatoms. The maximum atomic E-state index is 12.3. The van der Waals surface area contributed by atoms with Gasteiger partial charge in [0, 0.05) is 33.6 Å². The van der Waals surface area contributed by atoms with Gasteiger partial charge in [-0.2, -0.15) is 0 Å². The number of nitrogens with two attached hydrogens (primary N) is 1. The maximum Gasteiger partial charge on any atom is 0.312 e. The monoisotopic (exact) mass is 370 g/mol. The molecule has 140 valence electrons. The molecule has 0 fully saturated rings. The minimum absolute atomic E-state index is 0.139. The second-order valence-electron chi connectivity index (χ2n) is 5.77. The molecular weight excluding hydrogens is 344 g/mol. The van der Waals surface area contributed by atoms with Gasteiger partial charge in [0.15, 0.2) is 0 Å². The molecular formula is C16H26N4O4S. The van der Waals surface area contributed by atoms with E-state index in [2.05, 4.69) is 10.6 Å². The van der Waals surface area contributed by atoms with E-state index in [1.807, 2.05) is 0 Å². The lowest BCUT2D eigenvalue weighted by molar-refractivity contribution is -0.121. The van der Waals surface area contributed by atoms with E-state index in [1.165, 1.54) is 20.2 Å². The molecule has 1 aromatic rings. The van der Waals surface area contributed by atoms with Crippen molar-refractivity contribution in [3.8, 4) is 0 Å². The topological polar surface area (TPSA) is 122 Å². The first-order valence-corrected chi connectivity index (χ1v) is 9.49. The Bertz CT molecular complexity index is 689. The van der Waals surface area contributed by atoms with E-state index >= 15 is 0 Å². The molecule has 0 saturated carbocycles. The Labute approximate surface area is 148 Å². The number of unbranched alkanes of at least 4 members (excludes halogenated alkanes) is 2. The minimum Gasteiger partial charge on any atom is -0.352 e. The first-order valence-electron chi connectivity index (χ1n) is 8.05. The van der Waals surface area contributed by atoms with Crippen LogP contribution in [0.2, 0.25) is 0 Å². The van der Waals surface area contributed by atoms with Crippen LogP contribution >= 0.6 is 0 Å². The number of benzene rings is 1. The van der Waals surface area contributed by atoms with E-state index in [0.29, 0.717) is 24.9 Å². The van der Waals surface area contributed by atoms with Crippen molar-refractivity contribution in [2.45, 2.75) is 37.1 Å². The Morgan fingerprint density at radius 3 is 2.40 bits per heavy atom. The number of sulfonamides is 1. The molecule has 0 bridgehead atoms. The van der Waals surface area contributed by atoms with Gasteiger partial charge >= 0.3 is 6.03 Å². The predicted molar refractivity (Wildman–Crippen MR) is 95.2 cm³/mol. The van der Waals surface area contributed by atoms with Crippen molar-refractivity contribution in [1.29, 1.82) is 0 Å². The quantitative estimate of drug-likeness (QED) is 0.527. The normalized spacial score (nSPS) is 11.3. The Balaban J connectivity index is 2.46. The number of nitrogens with one attached hydrogen (secondary N) is 2. The summed E-state index contributed by atoms with van der Waals surface area (Å²) in [5.41, 5.74) is 5.50. The molecule has 3 amide bonds. The highest BCUT2D eigenvalue weighted by atomic mass is 32.2. The third-order valence-corrected chi connectivity index (χ3v) is 5.50. The molecule has 0 aliphatic rings.